The van der Waals surface area contributed by atoms with Gasteiger partial charge in [-0.2, -0.15) is 0 Å². The van der Waals surface area contributed by atoms with Crippen molar-refractivity contribution >= 4 is 11.0 Å². The van der Waals surface area contributed by atoms with Crippen LogP contribution in [0, 0.1) is 0 Å². The monoisotopic (exact) mass is 268 g/mol. The van der Waals surface area contributed by atoms with E-state index in [0.29, 0.717) is 5.75 Å². The zero-order valence-corrected chi connectivity index (χ0v) is 11.5. The van der Waals surface area contributed by atoms with Crippen LogP contribution in [0.1, 0.15) is 18.9 Å². The summed E-state index contributed by atoms with van der Waals surface area (Å²) in [4.78, 5) is 7.82. The second-order valence-corrected chi connectivity index (χ2v) is 4.55. The van der Waals surface area contributed by atoms with Gasteiger partial charge in [-0.1, -0.05) is 24.3 Å². The first-order valence-electron chi connectivity index (χ1n) is 6.52. The summed E-state index contributed by atoms with van der Waals surface area (Å²) in [6.07, 6.45) is -0.182. The molecule has 102 valence electrons. The number of hydrogen-bond acceptors (Lipinski definition) is 3. The van der Waals surface area contributed by atoms with Crippen LogP contribution in [0.5, 0.6) is 11.5 Å². The number of rotatable bonds is 4. The fraction of sp³-hybridized carbons (Fsp3) is 0.188. The molecule has 1 heterocycles. The predicted molar refractivity (Wildman–Crippen MR) is 78.1 cm³/mol. The Morgan fingerprint density at radius 3 is 2.45 bits per heavy atom. The van der Waals surface area contributed by atoms with Crippen molar-refractivity contribution in [2.45, 2.75) is 13.0 Å². The second kappa shape index (κ2) is 5.25. The number of methoxy groups -OCH3 is 1. The molecule has 20 heavy (non-hydrogen) atoms. The van der Waals surface area contributed by atoms with Crippen LogP contribution >= 0.6 is 0 Å². The molecule has 0 radical (unpaired) electrons. The number of nitrogens with one attached hydrogen (secondary N) is 1. The fourth-order valence-corrected chi connectivity index (χ4v) is 2.13. The highest BCUT2D eigenvalue weighted by atomic mass is 16.5. The number of ether oxygens (including phenoxy) is 2. The fourth-order valence-electron chi connectivity index (χ4n) is 2.13. The number of para-hydroxylation sites is 4. The number of benzene rings is 2. The van der Waals surface area contributed by atoms with Crippen molar-refractivity contribution in [1.82, 2.24) is 9.97 Å². The minimum absolute atomic E-state index is 0.182. The number of H-pyrrole nitrogens is 1. The average molecular weight is 268 g/mol. The normalized spacial score (nSPS) is 12.3. The lowest BCUT2D eigenvalue weighted by molar-refractivity contribution is 0.208. The van der Waals surface area contributed by atoms with Gasteiger partial charge in [0.05, 0.1) is 18.1 Å². The first-order valence-corrected chi connectivity index (χ1v) is 6.52. The van der Waals surface area contributed by atoms with E-state index >= 15 is 0 Å². The lowest BCUT2D eigenvalue weighted by atomic mass is 10.3. The van der Waals surface area contributed by atoms with Crippen molar-refractivity contribution in [3.05, 3.63) is 54.4 Å². The molecule has 0 aliphatic carbocycles. The zero-order chi connectivity index (χ0) is 13.9. The molecule has 0 saturated carbocycles. The van der Waals surface area contributed by atoms with Gasteiger partial charge in [-0.15, -0.1) is 0 Å². The Kier molecular flexibility index (Phi) is 3.29. The van der Waals surface area contributed by atoms with Crippen molar-refractivity contribution in [1.29, 1.82) is 0 Å². The van der Waals surface area contributed by atoms with Crippen molar-refractivity contribution in [3.8, 4) is 11.5 Å². The van der Waals surface area contributed by atoms with E-state index in [0.717, 1.165) is 22.6 Å². The van der Waals surface area contributed by atoms with E-state index in [-0.39, 0.29) is 6.10 Å². The quantitative estimate of drug-likeness (QED) is 0.784. The van der Waals surface area contributed by atoms with E-state index in [9.17, 15) is 0 Å². The summed E-state index contributed by atoms with van der Waals surface area (Å²) in [6, 6.07) is 15.5. The van der Waals surface area contributed by atoms with Gasteiger partial charge in [0.15, 0.2) is 17.6 Å². The number of fused-ring (bicyclic) bond motifs is 1. The first kappa shape index (κ1) is 12.5. The number of nitrogens with zero attached hydrogens (tertiary/aromatic N) is 1. The Morgan fingerprint density at radius 1 is 1.00 bits per heavy atom. The lowest BCUT2D eigenvalue weighted by Gasteiger charge is -2.14. The Labute approximate surface area is 117 Å². The molecule has 3 aromatic rings. The largest absolute Gasteiger partial charge is 0.493 e. The van der Waals surface area contributed by atoms with Crippen LogP contribution < -0.4 is 9.47 Å². The summed E-state index contributed by atoms with van der Waals surface area (Å²) in [5.41, 5.74) is 1.95. The minimum Gasteiger partial charge on any atom is -0.493 e. The molecule has 0 amide bonds. The molecule has 1 aromatic heterocycles. The van der Waals surface area contributed by atoms with Gasteiger partial charge in [0.1, 0.15) is 5.82 Å². The summed E-state index contributed by atoms with van der Waals surface area (Å²) in [5.74, 6) is 2.23. The van der Waals surface area contributed by atoms with Gasteiger partial charge in [0.25, 0.3) is 0 Å². The highest BCUT2D eigenvalue weighted by molar-refractivity contribution is 5.74. The van der Waals surface area contributed by atoms with Gasteiger partial charge in [-0.3, -0.25) is 0 Å². The highest BCUT2D eigenvalue weighted by Gasteiger charge is 2.14. The average Bonchev–Trinajstić information content (AvgIpc) is 2.92. The van der Waals surface area contributed by atoms with Gasteiger partial charge in [-0.25, -0.2) is 4.98 Å². The maximum Gasteiger partial charge on any atom is 0.162 e. The topological polar surface area (TPSA) is 47.1 Å². The van der Waals surface area contributed by atoms with E-state index in [1.165, 1.54) is 0 Å². The second-order valence-electron chi connectivity index (χ2n) is 4.55. The van der Waals surface area contributed by atoms with Crippen LogP contribution in [0.4, 0.5) is 0 Å². The van der Waals surface area contributed by atoms with Gasteiger partial charge < -0.3 is 14.5 Å². The van der Waals surface area contributed by atoms with Crippen molar-refractivity contribution < 1.29 is 9.47 Å². The number of aromatic amines is 1. The smallest absolute Gasteiger partial charge is 0.162 e. The summed E-state index contributed by atoms with van der Waals surface area (Å²) in [6.45, 7) is 1.96. The van der Waals surface area contributed by atoms with E-state index in [4.69, 9.17) is 9.47 Å². The Morgan fingerprint density at radius 2 is 1.70 bits per heavy atom. The summed E-state index contributed by atoms with van der Waals surface area (Å²) < 4.78 is 11.2. The van der Waals surface area contributed by atoms with Crippen molar-refractivity contribution in [2.75, 3.05) is 7.11 Å². The molecular weight excluding hydrogens is 252 g/mol. The Hall–Kier alpha value is -2.49. The van der Waals surface area contributed by atoms with Crippen LogP contribution in [-0.4, -0.2) is 17.1 Å². The molecule has 4 heteroatoms. The molecular formula is C16H16N2O2. The maximum absolute atomic E-state index is 5.93. The highest BCUT2D eigenvalue weighted by Crippen LogP contribution is 2.30. The van der Waals surface area contributed by atoms with E-state index in [2.05, 4.69) is 9.97 Å². The number of aromatic nitrogens is 2. The molecule has 3 rings (SSSR count). The summed E-state index contributed by atoms with van der Waals surface area (Å²) in [7, 11) is 1.63. The van der Waals surface area contributed by atoms with Crippen molar-refractivity contribution in [3.63, 3.8) is 0 Å². The van der Waals surface area contributed by atoms with Gasteiger partial charge >= 0.3 is 0 Å². The molecule has 0 bridgehead atoms. The third kappa shape index (κ3) is 2.32. The molecule has 0 spiro atoms. The van der Waals surface area contributed by atoms with Crippen LogP contribution in [-0.2, 0) is 0 Å². The predicted octanol–water partition coefficient (Wildman–Crippen LogP) is 3.71. The Balaban J connectivity index is 1.87. The third-order valence-corrected chi connectivity index (χ3v) is 3.17. The van der Waals surface area contributed by atoms with Gasteiger partial charge in [-0.05, 0) is 31.2 Å². The molecule has 0 saturated heterocycles. The molecule has 0 aliphatic heterocycles. The van der Waals surface area contributed by atoms with E-state index in [1.54, 1.807) is 7.11 Å². The molecule has 2 aromatic carbocycles. The molecule has 4 nitrogen and oxygen atoms in total. The van der Waals surface area contributed by atoms with Crippen LogP contribution in [0.15, 0.2) is 48.5 Å². The molecule has 0 aliphatic rings. The van der Waals surface area contributed by atoms with Crippen molar-refractivity contribution in [2.24, 2.45) is 0 Å². The SMILES string of the molecule is COc1ccccc1OC(C)c1nc2ccccc2[nH]1. The van der Waals surface area contributed by atoms with Gasteiger partial charge in [0, 0.05) is 0 Å². The zero-order valence-electron chi connectivity index (χ0n) is 11.5. The van der Waals surface area contributed by atoms with Crippen LogP contribution in [0.25, 0.3) is 11.0 Å². The molecule has 1 N–H and O–H groups in total. The number of hydrogen-bond donors (Lipinski definition) is 1. The summed E-state index contributed by atoms with van der Waals surface area (Å²) in [5, 5.41) is 0. The molecule has 1 atom stereocenters. The lowest BCUT2D eigenvalue weighted by Crippen LogP contribution is -2.05. The maximum atomic E-state index is 5.93. The standard InChI is InChI=1S/C16H16N2O2/c1-11(20-15-10-6-5-9-14(15)19-2)16-17-12-7-3-4-8-13(12)18-16/h3-11H,1-2H3,(H,17,18). The first-order chi connectivity index (χ1) is 9.78. The minimum atomic E-state index is -0.182. The Bertz CT molecular complexity index is 688. The van der Waals surface area contributed by atoms with Gasteiger partial charge in [0.2, 0.25) is 0 Å². The van der Waals surface area contributed by atoms with Crippen LogP contribution in [0.2, 0.25) is 0 Å². The molecule has 1 unspecified atom stereocenters. The molecule has 0 fully saturated rings. The van der Waals surface area contributed by atoms with E-state index < -0.39 is 0 Å². The van der Waals surface area contributed by atoms with E-state index in [1.807, 2.05) is 55.5 Å². The van der Waals surface area contributed by atoms with Crippen LogP contribution in [0.3, 0.4) is 0 Å². The summed E-state index contributed by atoms with van der Waals surface area (Å²) >= 11 is 0. The number of imidazole rings is 1. The third-order valence-electron chi connectivity index (χ3n) is 3.17.